The van der Waals surface area contributed by atoms with Crippen molar-refractivity contribution in [1.82, 2.24) is 5.32 Å². The van der Waals surface area contributed by atoms with Crippen molar-refractivity contribution in [2.45, 2.75) is 78.2 Å². The van der Waals surface area contributed by atoms with E-state index in [1.165, 1.54) is 0 Å². The number of amides is 1. The number of anilines is 2. The minimum absolute atomic E-state index is 0.0357. The van der Waals surface area contributed by atoms with Crippen molar-refractivity contribution in [1.29, 1.82) is 0 Å². The maximum atomic E-state index is 12.9. The van der Waals surface area contributed by atoms with Gasteiger partial charge in [-0.15, -0.1) is 0 Å². The summed E-state index contributed by atoms with van der Waals surface area (Å²) in [7, 11) is 3.25. The fraction of sp³-hybridized carbons (Fsp3) is 0.528. The highest BCUT2D eigenvalue weighted by Crippen LogP contribution is 2.31. The highest BCUT2D eigenvalue weighted by atomic mass is 16.6. The lowest BCUT2D eigenvalue weighted by molar-refractivity contribution is 0.0404. The van der Waals surface area contributed by atoms with Gasteiger partial charge in [0, 0.05) is 33.2 Å². The van der Waals surface area contributed by atoms with E-state index < -0.39 is 34.7 Å². The number of carbonyl (C=O) groups excluding carboxylic acids is 1. The second-order valence-corrected chi connectivity index (χ2v) is 13.1. The van der Waals surface area contributed by atoms with Gasteiger partial charge in [0.1, 0.15) is 17.0 Å². The number of alkyl carbamates (subject to hydrolysis) is 1. The van der Waals surface area contributed by atoms with Crippen molar-refractivity contribution in [2.24, 2.45) is 11.8 Å². The predicted molar refractivity (Wildman–Crippen MR) is 184 cm³/mol. The number of nitrogens with one attached hydrogen (secondary N) is 3. The van der Waals surface area contributed by atoms with Crippen LogP contribution in [0, 0.1) is 11.8 Å². The minimum Gasteiger partial charge on any atom is -0.493 e. The number of ether oxygens (including phenoxy) is 4. The van der Waals surface area contributed by atoms with Crippen LogP contribution in [0.2, 0.25) is 0 Å². The smallest absolute Gasteiger partial charge is 0.407 e. The largest absolute Gasteiger partial charge is 0.493 e. The SMILES string of the molecule is COCCCOc1cc(C[C@@H](C[C@@H](NC(=O)OC(C)(C)C)[C@@H](O)CNc2c(NCc3ccccc3)c(=O)c2=O)C(C)C)ccc1OC. The normalized spacial score (nSPS) is 13.6. The van der Waals surface area contributed by atoms with Crippen LogP contribution in [0.15, 0.2) is 58.1 Å². The number of methoxy groups -OCH3 is 2. The highest BCUT2D eigenvalue weighted by Gasteiger charge is 2.30. The van der Waals surface area contributed by atoms with Crippen molar-refractivity contribution in [3.05, 3.63) is 80.1 Å². The van der Waals surface area contributed by atoms with E-state index in [1.807, 2.05) is 48.5 Å². The zero-order valence-corrected chi connectivity index (χ0v) is 28.7. The summed E-state index contributed by atoms with van der Waals surface area (Å²) in [5.74, 6) is 1.50. The third kappa shape index (κ3) is 11.6. The molecule has 1 amide bonds. The lowest BCUT2D eigenvalue weighted by atomic mass is 9.83. The summed E-state index contributed by atoms with van der Waals surface area (Å²) >= 11 is 0. The fourth-order valence-corrected chi connectivity index (χ4v) is 5.20. The topological polar surface area (TPSA) is 144 Å². The number of benzene rings is 2. The van der Waals surface area contributed by atoms with Gasteiger partial charge in [0.05, 0.1) is 25.9 Å². The Morgan fingerprint density at radius 3 is 2.19 bits per heavy atom. The van der Waals surface area contributed by atoms with E-state index in [1.54, 1.807) is 35.0 Å². The molecular formula is C36H51N3O8. The Kier molecular flexibility index (Phi) is 14.1. The molecule has 0 fully saturated rings. The molecule has 47 heavy (non-hydrogen) atoms. The molecule has 0 heterocycles. The summed E-state index contributed by atoms with van der Waals surface area (Å²) in [6.45, 7) is 10.9. The zero-order valence-electron chi connectivity index (χ0n) is 28.7. The van der Waals surface area contributed by atoms with Crippen LogP contribution in [0.4, 0.5) is 16.2 Å². The first-order chi connectivity index (χ1) is 22.3. The fourth-order valence-electron chi connectivity index (χ4n) is 5.20. The van der Waals surface area contributed by atoms with E-state index >= 15 is 0 Å². The van der Waals surface area contributed by atoms with E-state index in [0.29, 0.717) is 44.1 Å². The molecule has 0 unspecified atom stereocenters. The van der Waals surface area contributed by atoms with Crippen LogP contribution >= 0.6 is 0 Å². The van der Waals surface area contributed by atoms with Gasteiger partial charge in [0.25, 0.3) is 10.9 Å². The van der Waals surface area contributed by atoms with Gasteiger partial charge < -0.3 is 40.0 Å². The molecule has 3 atom stereocenters. The van der Waals surface area contributed by atoms with E-state index in [9.17, 15) is 19.5 Å². The first kappa shape index (κ1) is 37.4. The predicted octanol–water partition coefficient (Wildman–Crippen LogP) is 4.89. The maximum absolute atomic E-state index is 12.9. The number of carbonyl (C=O) groups is 1. The number of aliphatic hydroxyl groups is 1. The van der Waals surface area contributed by atoms with Gasteiger partial charge in [-0.1, -0.05) is 50.2 Å². The molecule has 0 aliphatic carbocycles. The van der Waals surface area contributed by atoms with Gasteiger partial charge in [-0.2, -0.15) is 0 Å². The molecule has 0 spiro atoms. The monoisotopic (exact) mass is 653 g/mol. The number of aliphatic hydroxyl groups excluding tert-OH is 1. The number of hydrogen-bond acceptors (Lipinski definition) is 10. The van der Waals surface area contributed by atoms with Crippen LogP contribution in [0.5, 0.6) is 11.5 Å². The van der Waals surface area contributed by atoms with E-state index in [0.717, 1.165) is 17.5 Å². The molecule has 11 heteroatoms. The first-order valence-corrected chi connectivity index (χ1v) is 16.1. The second-order valence-electron chi connectivity index (χ2n) is 13.1. The van der Waals surface area contributed by atoms with Crippen molar-refractivity contribution < 1.29 is 28.8 Å². The summed E-state index contributed by atoms with van der Waals surface area (Å²) < 4.78 is 22.1. The van der Waals surface area contributed by atoms with E-state index in [2.05, 4.69) is 29.8 Å². The van der Waals surface area contributed by atoms with Gasteiger partial charge in [0.2, 0.25) is 0 Å². The number of hydrogen-bond donors (Lipinski definition) is 4. The lowest BCUT2D eigenvalue weighted by Gasteiger charge is -2.31. The maximum Gasteiger partial charge on any atom is 0.407 e. The Morgan fingerprint density at radius 2 is 1.57 bits per heavy atom. The molecule has 0 aliphatic rings. The summed E-state index contributed by atoms with van der Waals surface area (Å²) in [4.78, 5) is 37.7. The molecule has 0 aliphatic heterocycles. The summed E-state index contributed by atoms with van der Waals surface area (Å²) in [6, 6.07) is 14.6. The molecule has 0 saturated carbocycles. The lowest BCUT2D eigenvalue weighted by Crippen LogP contribution is -2.49. The standard InChI is InChI=1S/C36H51N3O8/c1-23(2)26(18-25-14-15-29(45-7)30(19-25)46-17-11-16-44-6)20-27(39-35(43)47-36(3,4)5)28(40)22-38-32-31(33(41)34(32)42)37-21-24-12-9-8-10-13-24/h8-10,12-15,19,23,26-28,37-38,40H,11,16-18,20-22H2,1-7H3,(H,39,43)/t26-,27+,28-/m0/s1. The van der Waals surface area contributed by atoms with Crippen molar-refractivity contribution in [3.63, 3.8) is 0 Å². The van der Waals surface area contributed by atoms with Crippen LogP contribution in [0.3, 0.4) is 0 Å². The third-order valence-corrected chi connectivity index (χ3v) is 7.85. The van der Waals surface area contributed by atoms with Crippen LogP contribution in [0.1, 0.15) is 58.6 Å². The average Bonchev–Trinajstić information content (AvgIpc) is 3.02. The zero-order chi connectivity index (χ0) is 34.6. The molecule has 3 aromatic carbocycles. The van der Waals surface area contributed by atoms with Crippen LogP contribution in [-0.4, -0.2) is 62.9 Å². The molecule has 0 bridgehead atoms. The van der Waals surface area contributed by atoms with Crippen LogP contribution < -0.4 is 36.3 Å². The van der Waals surface area contributed by atoms with Gasteiger partial charge >= 0.3 is 6.09 Å². The van der Waals surface area contributed by atoms with Crippen molar-refractivity contribution in [2.75, 3.05) is 44.6 Å². The Bertz CT molecular complexity index is 1480. The summed E-state index contributed by atoms with van der Waals surface area (Å²) in [6.07, 6.45) is 0.0455. The third-order valence-electron chi connectivity index (χ3n) is 7.85. The van der Waals surface area contributed by atoms with Gasteiger partial charge in [-0.3, -0.25) is 9.59 Å². The van der Waals surface area contributed by atoms with E-state index in [4.69, 9.17) is 18.9 Å². The quantitative estimate of drug-likeness (QED) is 0.104. The first-order valence-electron chi connectivity index (χ1n) is 16.1. The van der Waals surface area contributed by atoms with E-state index in [-0.39, 0.29) is 29.8 Å². The molecule has 11 nitrogen and oxygen atoms in total. The van der Waals surface area contributed by atoms with Gasteiger partial charge in [0.15, 0.2) is 11.5 Å². The molecule has 3 rings (SSSR count). The average molecular weight is 654 g/mol. The molecule has 3 aromatic rings. The molecule has 4 N–H and O–H groups in total. The van der Waals surface area contributed by atoms with Gasteiger partial charge in [-0.25, -0.2) is 4.79 Å². The Morgan fingerprint density at radius 1 is 0.894 bits per heavy atom. The summed E-state index contributed by atoms with van der Waals surface area (Å²) in [5, 5.41) is 20.2. The van der Waals surface area contributed by atoms with Crippen LogP contribution in [0.25, 0.3) is 0 Å². The second kappa shape index (κ2) is 17.7. The van der Waals surface area contributed by atoms with Gasteiger partial charge in [-0.05, 0) is 68.7 Å². The van der Waals surface area contributed by atoms with Crippen molar-refractivity contribution >= 4 is 17.5 Å². The molecular weight excluding hydrogens is 602 g/mol. The Hall–Kier alpha value is -4.09. The van der Waals surface area contributed by atoms with Crippen molar-refractivity contribution in [3.8, 4) is 11.5 Å². The highest BCUT2D eigenvalue weighted by molar-refractivity contribution is 5.74. The molecule has 0 radical (unpaired) electrons. The molecule has 0 saturated heterocycles. The molecule has 258 valence electrons. The number of rotatable bonds is 19. The summed E-state index contributed by atoms with van der Waals surface area (Å²) in [5.41, 5.74) is 0.287. The minimum atomic E-state index is -1.11. The Labute approximate surface area is 277 Å². The molecule has 0 aromatic heterocycles. The Balaban J connectivity index is 1.76. The van der Waals surface area contributed by atoms with Crippen LogP contribution in [-0.2, 0) is 22.4 Å².